The van der Waals surface area contributed by atoms with Crippen LogP contribution in [0.5, 0.6) is 0 Å². The molecule has 5 nitrogen and oxygen atoms in total. The zero-order chi connectivity index (χ0) is 27.4. The molecule has 3 atom stereocenters. The third-order valence-electron chi connectivity index (χ3n) is 8.76. The van der Waals surface area contributed by atoms with Crippen molar-refractivity contribution in [3.63, 3.8) is 0 Å². The number of hydrogen-bond acceptors (Lipinski definition) is 4. The Kier molecular flexibility index (Phi) is 9.13. The molecular formula is C33H43N3O2S. The van der Waals surface area contributed by atoms with Gasteiger partial charge in [0.2, 0.25) is 0 Å². The molecule has 1 aliphatic carbocycles. The Morgan fingerprint density at radius 1 is 1.03 bits per heavy atom. The number of carbonyl (C=O) groups is 2. The van der Waals surface area contributed by atoms with Gasteiger partial charge in [-0.2, -0.15) is 0 Å². The highest BCUT2D eigenvalue weighted by molar-refractivity contribution is 8.04. The van der Waals surface area contributed by atoms with Crippen LogP contribution in [0.1, 0.15) is 84.5 Å². The molecule has 208 valence electrons. The van der Waals surface area contributed by atoms with Gasteiger partial charge >= 0.3 is 0 Å². The number of thioether (sulfide) groups is 1. The Bertz CT molecular complexity index is 1210. The minimum absolute atomic E-state index is 0.0354. The number of aryl methyl sites for hydroxylation is 2. The Hall–Kier alpha value is -2.57. The van der Waals surface area contributed by atoms with E-state index < -0.39 is 0 Å². The molecule has 5 rings (SSSR count). The molecule has 39 heavy (non-hydrogen) atoms. The van der Waals surface area contributed by atoms with Crippen LogP contribution in [0.4, 0.5) is 0 Å². The SMILES string of the molecule is Cc1ccc(C)c(CN2C(=O)/C(=C\c3ccc(C(=O)NCCN4CCCCC4C)cc3)SC3CCCCC32)c1. The molecular weight excluding hydrogens is 502 g/mol. The van der Waals surface area contributed by atoms with Crippen LogP contribution in [0.25, 0.3) is 6.08 Å². The van der Waals surface area contributed by atoms with Crippen molar-refractivity contribution in [1.82, 2.24) is 15.1 Å². The monoisotopic (exact) mass is 545 g/mol. The van der Waals surface area contributed by atoms with Crippen molar-refractivity contribution in [3.05, 3.63) is 75.2 Å². The quantitative estimate of drug-likeness (QED) is 0.413. The third-order valence-corrected chi connectivity index (χ3v) is 10.2. The average Bonchev–Trinajstić information content (AvgIpc) is 2.94. The molecule has 2 heterocycles. The summed E-state index contributed by atoms with van der Waals surface area (Å²) in [5.74, 6) is 0.101. The molecule has 2 saturated heterocycles. The highest BCUT2D eigenvalue weighted by Crippen LogP contribution is 2.43. The van der Waals surface area contributed by atoms with Gasteiger partial charge in [-0.15, -0.1) is 11.8 Å². The van der Waals surface area contributed by atoms with Crippen molar-refractivity contribution in [2.75, 3.05) is 19.6 Å². The third kappa shape index (κ3) is 6.78. The van der Waals surface area contributed by atoms with Crippen molar-refractivity contribution in [2.24, 2.45) is 0 Å². The lowest BCUT2D eigenvalue weighted by Gasteiger charge is -2.44. The number of fused-ring (bicyclic) bond motifs is 1. The number of rotatable bonds is 7. The van der Waals surface area contributed by atoms with Gasteiger partial charge in [0.25, 0.3) is 11.8 Å². The van der Waals surface area contributed by atoms with Crippen LogP contribution in [0.15, 0.2) is 47.4 Å². The van der Waals surface area contributed by atoms with Crippen molar-refractivity contribution in [3.8, 4) is 0 Å². The summed E-state index contributed by atoms with van der Waals surface area (Å²) in [6.07, 6.45) is 10.5. The van der Waals surface area contributed by atoms with Gasteiger partial charge in [-0.05, 0) is 87.9 Å². The summed E-state index contributed by atoms with van der Waals surface area (Å²) in [5, 5.41) is 3.53. The molecule has 1 saturated carbocycles. The van der Waals surface area contributed by atoms with Gasteiger partial charge in [-0.3, -0.25) is 14.5 Å². The summed E-state index contributed by atoms with van der Waals surface area (Å²) < 4.78 is 0. The van der Waals surface area contributed by atoms with Crippen molar-refractivity contribution in [2.45, 2.75) is 89.6 Å². The maximum atomic E-state index is 13.8. The maximum Gasteiger partial charge on any atom is 0.260 e. The van der Waals surface area contributed by atoms with Crippen molar-refractivity contribution < 1.29 is 9.59 Å². The first-order valence-electron chi connectivity index (χ1n) is 14.8. The Morgan fingerprint density at radius 2 is 1.79 bits per heavy atom. The minimum Gasteiger partial charge on any atom is -0.351 e. The zero-order valence-electron chi connectivity index (χ0n) is 23.7. The fraction of sp³-hybridized carbons (Fsp3) is 0.515. The molecule has 1 N–H and O–H groups in total. The van der Waals surface area contributed by atoms with E-state index in [2.05, 4.69) is 54.1 Å². The van der Waals surface area contributed by atoms with Gasteiger partial charge < -0.3 is 10.2 Å². The van der Waals surface area contributed by atoms with E-state index in [1.807, 2.05) is 30.3 Å². The van der Waals surface area contributed by atoms with Gasteiger partial charge in [-0.25, -0.2) is 0 Å². The van der Waals surface area contributed by atoms with Crippen LogP contribution in [0, 0.1) is 13.8 Å². The summed E-state index contributed by atoms with van der Waals surface area (Å²) in [7, 11) is 0. The first-order valence-corrected chi connectivity index (χ1v) is 15.6. The number of nitrogens with one attached hydrogen (secondary N) is 1. The van der Waals surface area contributed by atoms with Crippen molar-refractivity contribution >= 4 is 29.7 Å². The molecule has 0 spiro atoms. The number of amides is 2. The van der Waals surface area contributed by atoms with E-state index >= 15 is 0 Å². The summed E-state index contributed by atoms with van der Waals surface area (Å²) in [6, 6.07) is 15.1. The van der Waals surface area contributed by atoms with Crippen LogP contribution in [0.3, 0.4) is 0 Å². The average molecular weight is 546 g/mol. The topological polar surface area (TPSA) is 52.7 Å². The number of likely N-dealkylation sites (tertiary alicyclic amines) is 1. The van der Waals surface area contributed by atoms with E-state index in [4.69, 9.17) is 0 Å². The predicted octanol–water partition coefficient (Wildman–Crippen LogP) is 6.34. The summed E-state index contributed by atoms with van der Waals surface area (Å²) in [4.78, 5) is 32.0. The molecule has 3 aliphatic rings. The second-order valence-corrected chi connectivity index (χ2v) is 12.9. The Morgan fingerprint density at radius 3 is 2.59 bits per heavy atom. The van der Waals surface area contributed by atoms with Crippen LogP contribution < -0.4 is 5.32 Å². The fourth-order valence-corrected chi connectivity index (χ4v) is 7.78. The van der Waals surface area contributed by atoms with Crippen LogP contribution in [-0.4, -0.2) is 58.6 Å². The normalized spacial score (nSPS) is 25.0. The van der Waals surface area contributed by atoms with E-state index in [1.165, 1.54) is 48.8 Å². The number of carbonyl (C=O) groups excluding carboxylic acids is 2. The van der Waals surface area contributed by atoms with E-state index in [0.29, 0.717) is 36.0 Å². The second-order valence-electron chi connectivity index (χ2n) is 11.6. The minimum atomic E-state index is -0.0354. The van der Waals surface area contributed by atoms with Gasteiger partial charge in [0, 0.05) is 42.5 Å². The van der Waals surface area contributed by atoms with Crippen molar-refractivity contribution in [1.29, 1.82) is 0 Å². The van der Waals surface area contributed by atoms with E-state index in [9.17, 15) is 9.59 Å². The highest BCUT2D eigenvalue weighted by Gasteiger charge is 2.40. The smallest absolute Gasteiger partial charge is 0.260 e. The zero-order valence-corrected chi connectivity index (χ0v) is 24.6. The van der Waals surface area contributed by atoms with Gasteiger partial charge in [0.05, 0.1) is 4.91 Å². The highest BCUT2D eigenvalue weighted by atomic mass is 32.2. The van der Waals surface area contributed by atoms with Crippen LogP contribution in [0.2, 0.25) is 0 Å². The molecule has 0 radical (unpaired) electrons. The summed E-state index contributed by atoms with van der Waals surface area (Å²) in [6.45, 7) is 9.89. The fourth-order valence-electron chi connectivity index (χ4n) is 6.30. The number of nitrogens with zero attached hydrogens (tertiary/aromatic N) is 2. The molecule has 2 amide bonds. The van der Waals surface area contributed by atoms with Gasteiger partial charge in [0.1, 0.15) is 0 Å². The second kappa shape index (κ2) is 12.7. The maximum absolute atomic E-state index is 13.8. The van der Waals surface area contributed by atoms with E-state index in [1.54, 1.807) is 11.8 Å². The Labute approximate surface area is 238 Å². The number of hydrogen-bond donors (Lipinski definition) is 1. The van der Waals surface area contributed by atoms with Crippen LogP contribution in [-0.2, 0) is 11.3 Å². The molecule has 3 unspecified atom stereocenters. The Balaban J connectivity index is 1.26. The molecule has 0 bridgehead atoms. The van der Waals surface area contributed by atoms with E-state index in [0.717, 1.165) is 36.4 Å². The summed E-state index contributed by atoms with van der Waals surface area (Å²) >= 11 is 1.76. The molecule has 0 aromatic heterocycles. The number of piperidine rings is 1. The lowest BCUT2D eigenvalue weighted by Crippen LogP contribution is -2.50. The lowest BCUT2D eigenvalue weighted by molar-refractivity contribution is -0.130. The molecule has 2 aromatic carbocycles. The lowest BCUT2D eigenvalue weighted by atomic mass is 9.92. The molecule has 2 aliphatic heterocycles. The standard InChI is InChI=1S/C33H43N3O2S/c1-23-11-12-24(2)28(20-23)22-36-29-9-4-5-10-30(29)39-31(33(36)38)21-26-13-15-27(16-14-26)32(37)34-17-19-35-18-7-6-8-25(35)3/h11-16,20-21,25,29-30H,4-10,17-19,22H2,1-3H3,(H,34,37)/b31-21+. The first kappa shape index (κ1) is 28.0. The first-order chi connectivity index (χ1) is 18.9. The molecule has 3 fully saturated rings. The van der Waals surface area contributed by atoms with Crippen LogP contribution >= 0.6 is 11.8 Å². The summed E-state index contributed by atoms with van der Waals surface area (Å²) in [5.41, 5.74) is 5.34. The predicted molar refractivity (Wildman–Crippen MR) is 162 cm³/mol. The van der Waals surface area contributed by atoms with Gasteiger partial charge in [-0.1, -0.05) is 55.2 Å². The molecule has 2 aromatic rings. The van der Waals surface area contributed by atoms with Gasteiger partial charge in [0.15, 0.2) is 0 Å². The largest absolute Gasteiger partial charge is 0.351 e. The van der Waals surface area contributed by atoms with E-state index in [-0.39, 0.29) is 11.8 Å². The molecule has 6 heteroatoms. The number of benzene rings is 2.